The van der Waals surface area contributed by atoms with Gasteiger partial charge >= 0.3 is 5.97 Å². The number of pyridine rings is 1. The average molecular weight is 391 g/mol. The highest BCUT2D eigenvalue weighted by Gasteiger charge is 2.21. The van der Waals surface area contributed by atoms with E-state index in [1.807, 2.05) is 35.2 Å². The Morgan fingerprint density at radius 3 is 1.57 bits per heavy atom. The van der Waals surface area contributed by atoms with E-state index in [1.165, 1.54) is 89.9 Å². The number of rotatable bonds is 19. The lowest BCUT2D eigenvalue weighted by Gasteiger charge is -2.09. The van der Waals surface area contributed by atoms with Crippen LogP contribution >= 0.6 is 0 Å². The van der Waals surface area contributed by atoms with Gasteiger partial charge < -0.3 is 5.11 Å². The van der Waals surface area contributed by atoms with Crippen LogP contribution in [0, 0.1) is 5.92 Å². The quantitative estimate of drug-likeness (QED) is 0.205. The van der Waals surface area contributed by atoms with Crippen molar-refractivity contribution in [3.8, 4) is 0 Å². The first-order valence-electron chi connectivity index (χ1n) is 11.9. The van der Waals surface area contributed by atoms with E-state index in [0.29, 0.717) is 6.54 Å². The second-order valence-electron chi connectivity index (χ2n) is 8.35. The van der Waals surface area contributed by atoms with Crippen LogP contribution in [0.15, 0.2) is 30.6 Å². The van der Waals surface area contributed by atoms with Crippen LogP contribution in [0.4, 0.5) is 0 Å². The highest BCUT2D eigenvalue weighted by molar-refractivity contribution is 5.69. The van der Waals surface area contributed by atoms with Crippen LogP contribution in [0.3, 0.4) is 0 Å². The minimum absolute atomic E-state index is 0.269. The van der Waals surface area contributed by atoms with E-state index in [-0.39, 0.29) is 5.92 Å². The van der Waals surface area contributed by atoms with Gasteiger partial charge in [0.2, 0.25) is 0 Å². The first-order valence-corrected chi connectivity index (χ1v) is 11.9. The number of carbonyl (C=O) groups is 1. The van der Waals surface area contributed by atoms with Crippen LogP contribution in [-0.2, 0) is 11.3 Å². The fraction of sp³-hybridized carbons (Fsp3) is 0.760. The van der Waals surface area contributed by atoms with Gasteiger partial charge in [0.25, 0.3) is 0 Å². The molecule has 1 unspecified atom stereocenters. The van der Waals surface area contributed by atoms with E-state index >= 15 is 0 Å². The number of hydrogen-bond donors (Lipinski definition) is 1. The first-order chi connectivity index (χ1) is 13.7. The summed E-state index contributed by atoms with van der Waals surface area (Å²) in [6.07, 6.45) is 24.8. The summed E-state index contributed by atoms with van der Waals surface area (Å²) in [5, 5.41) is 9.44. The minimum Gasteiger partial charge on any atom is -0.481 e. The van der Waals surface area contributed by atoms with Gasteiger partial charge in [-0.05, 0) is 6.42 Å². The summed E-state index contributed by atoms with van der Waals surface area (Å²) < 4.78 is 1.98. The molecular weight excluding hydrogens is 346 g/mol. The van der Waals surface area contributed by atoms with E-state index in [2.05, 4.69) is 6.92 Å². The molecule has 0 amide bonds. The third-order valence-electron chi connectivity index (χ3n) is 5.71. The molecule has 0 spiro atoms. The zero-order valence-electron chi connectivity index (χ0n) is 18.3. The summed E-state index contributed by atoms with van der Waals surface area (Å²) in [6, 6.07) is 5.86. The van der Waals surface area contributed by atoms with Gasteiger partial charge in [0, 0.05) is 12.1 Å². The van der Waals surface area contributed by atoms with Gasteiger partial charge in [-0.3, -0.25) is 4.79 Å². The van der Waals surface area contributed by atoms with E-state index in [1.54, 1.807) is 0 Å². The number of hydrogen-bond acceptors (Lipinski definition) is 1. The molecule has 28 heavy (non-hydrogen) atoms. The van der Waals surface area contributed by atoms with Crippen molar-refractivity contribution < 1.29 is 14.5 Å². The second-order valence-corrected chi connectivity index (χ2v) is 8.35. The molecule has 0 radical (unpaired) electrons. The van der Waals surface area contributed by atoms with Gasteiger partial charge in [0.15, 0.2) is 18.9 Å². The summed E-state index contributed by atoms with van der Waals surface area (Å²) in [4.78, 5) is 11.5. The molecule has 0 aromatic carbocycles. The van der Waals surface area contributed by atoms with Crippen molar-refractivity contribution in [2.24, 2.45) is 5.92 Å². The van der Waals surface area contributed by atoms with Crippen molar-refractivity contribution in [3.05, 3.63) is 30.6 Å². The van der Waals surface area contributed by atoms with E-state index in [4.69, 9.17) is 0 Å². The molecule has 0 aliphatic rings. The molecule has 1 heterocycles. The summed E-state index contributed by atoms with van der Waals surface area (Å²) in [5.74, 6) is -0.934. The molecule has 0 bridgehead atoms. The van der Waals surface area contributed by atoms with Gasteiger partial charge in [0.1, 0.15) is 5.92 Å². The van der Waals surface area contributed by atoms with Gasteiger partial charge in [-0.2, -0.15) is 0 Å². The van der Waals surface area contributed by atoms with E-state index in [0.717, 1.165) is 12.8 Å². The maximum Gasteiger partial charge on any atom is 0.312 e. The summed E-state index contributed by atoms with van der Waals surface area (Å²) in [6.45, 7) is 2.85. The predicted molar refractivity (Wildman–Crippen MR) is 117 cm³/mol. The third kappa shape index (κ3) is 13.7. The van der Waals surface area contributed by atoms with Crippen LogP contribution in [0.2, 0.25) is 0 Å². The fourth-order valence-electron chi connectivity index (χ4n) is 3.87. The van der Waals surface area contributed by atoms with E-state index < -0.39 is 5.97 Å². The maximum atomic E-state index is 11.5. The van der Waals surface area contributed by atoms with Crippen molar-refractivity contribution in [3.63, 3.8) is 0 Å². The van der Waals surface area contributed by atoms with Crippen molar-refractivity contribution >= 4 is 5.97 Å². The Morgan fingerprint density at radius 2 is 1.14 bits per heavy atom. The Hall–Kier alpha value is -1.38. The smallest absolute Gasteiger partial charge is 0.312 e. The molecule has 0 saturated heterocycles. The summed E-state index contributed by atoms with van der Waals surface area (Å²) >= 11 is 0. The topological polar surface area (TPSA) is 41.2 Å². The molecule has 1 atom stereocenters. The molecule has 3 nitrogen and oxygen atoms in total. The third-order valence-corrected chi connectivity index (χ3v) is 5.71. The van der Waals surface area contributed by atoms with E-state index in [9.17, 15) is 9.90 Å². The largest absolute Gasteiger partial charge is 0.481 e. The normalized spacial score (nSPS) is 12.2. The number of carboxylic acids is 1. The molecule has 0 saturated carbocycles. The Bertz CT molecular complexity index is 475. The summed E-state index contributed by atoms with van der Waals surface area (Å²) in [5.41, 5.74) is 0. The van der Waals surface area contributed by atoms with Crippen LogP contribution in [-0.4, -0.2) is 11.1 Å². The van der Waals surface area contributed by atoms with Crippen LogP contribution in [0.5, 0.6) is 0 Å². The number of aromatic nitrogens is 1. The molecule has 3 heteroatoms. The molecule has 0 aliphatic carbocycles. The molecule has 160 valence electrons. The van der Waals surface area contributed by atoms with Crippen LogP contribution < -0.4 is 4.57 Å². The lowest BCUT2D eigenvalue weighted by Crippen LogP contribution is -2.39. The SMILES string of the molecule is CCCCCCCCCCCCCCCCCC(C[n+]1ccccc1)C(=O)O. The standard InChI is InChI=1S/C25H43NO2/c1-2-3-4-5-6-7-8-9-10-11-12-13-14-15-17-20-24(25(27)28)23-26-21-18-16-19-22-26/h16,18-19,21-22,24H,2-15,17,20,23H2,1H3/p+1. The molecule has 0 aliphatic heterocycles. The minimum atomic E-state index is -0.665. The van der Waals surface area contributed by atoms with Gasteiger partial charge in [-0.1, -0.05) is 109 Å². The zero-order valence-corrected chi connectivity index (χ0v) is 18.3. The molecule has 1 aromatic heterocycles. The molecule has 1 N–H and O–H groups in total. The number of carboxylic acid groups (broad SMARTS) is 1. The first kappa shape index (κ1) is 24.7. The highest BCUT2D eigenvalue weighted by atomic mass is 16.4. The average Bonchev–Trinajstić information content (AvgIpc) is 2.70. The van der Waals surface area contributed by atoms with Crippen molar-refractivity contribution in [1.29, 1.82) is 0 Å². The second kappa shape index (κ2) is 17.7. The van der Waals surface area contributed by atoms with Crippen molar-refractivity contribution in [1.82, 2.24) is 0 Å². The number of nitrogens with zero attached hydrogens (tertiary/aromatic N) is 1. The predicted octanol–water partition coefficient (Wildman–Crippen LogP) is 6.94. The Labute approximate surface area is 173 Å². The summed E-state index contributed by atoms with van der Waals surface area (Å²) in [7, 11) is 0. The monoisotopic (exact) mass is 390 g/mol. The van der Waals surface area contributed by atoms with Gasteiger partial charge in [-0.15, -0.1) is 0 Å². The van der Waals surface area contributed by atoms with Gasteiger partial charge in [-0.25, -0.2) is 4.57 Å². The van der Waals surface area contributed by atoms with Crippen molar-refractivity contribution in [2.45, 2.75) is 116 Å². The Morgan fingerprint density at radius 1 is 0.714 bits per heavy atom. The molecular formula is C25H44NO2+. The highest BCUT2D eigenvalue weighted by Crippen LogP contribution is 2.15. The zero-order chi connectivity index (χ0) is 20.3. The van der Waals surface area contributed by atoms with Crippen molar-refractivity contribution in [2.75, 3.05) is 0 Å². The Kier molecular flexibility index (Phi) is 15.6. The van der Waals surface area contributed by atoms with Crippen LogP contribution in [0.25, 0.3) is 0 Å². The Balaban J connectivity index is 1.90. The van der Waals surface area contributed by atoms with Crippen LogP contribution in [0.1, 0.15) is 110 Å². The lowest BCUT2D eigenvalue weighted by atomic mass is 9.99. The maximum absolute atomic E-state index is 11.5. The number of aliphatic carboxylic acids is 1. The lowest BCUT2D eigenvalue weighted by molar-refractivity contribution is -0.701. The molecule has 1 aromatic rings. The molecule has 0 fully saturated rings. The fourth-order valence-corrected chi connectivity index (χ4v) is 3.87. The number of unbranched alkanes of at least 4 members (excludes halogenated alkanes) is 14. The van der Waals surface area contributed by atoms with Gasteiger partial charge in [0.05, 0.1) is 0 Å². The molecule has 1 rings (SSSR count).